The minimum Gasteiger partial charge on any atom is -0.506 e. The number of hydrogen-bond acceptors (Lipinski definition) is 3. The molecule has 20 heavy (non-hydrogen) atoms. The number of phenols is 1. The maximum Gasteiger partial charge on any atom is 0.259 e. The lowest BCUT2D eigenvalue weighted by Gasteiger charge is -2.10. The molecule has 4 N–H and O–H groups in total. The van der Waals surface area contributed by atoms with Crippen molar-refractivity contribution >= 4 is 52.1 Å². The molecule has 0 unspecified atom stereocenters. The second kappa shape index (κ2) is 5.79. The SMILES string of the molecule is Nc1ccc(NC(=O)c2cc(Cl)cc(Cl)c2O)c(Cl)c1. The van der Waals surface area contributed by atoms with E-state index in [9.17, 15) is 9.90 Å². The molecule has 0 aliphatic rings. The maximum atomic E-state index is 12.1. The Morgan fingerprint density at radius 3 is 2.45 bits per heavy atom. The van der Waals surface area contributed by atoms with E-state index in [1.807, 2.05) is 0 Å². The van der Waals surface area contributed by atoms with E-state index in [2.05, 4.69) is 5.32 Å². The molecule has 0 aliphatic heterocycles. The summed E-state index contributed by atoms with van der Waals surface area (Å²) in [4.78, 5) is 12.1. The fraction of sp³-hybridized carbons (Fsp3) is 0. The first kappa shape index (κ1) is 14.8. The Kier molecular flexibility index (Phi) is 4.28. The Hall–Kier alpha value is -1.62. The van der Waals surface area contributed by atoms with Crippen LogP contribution in [-0.4, -0.2) is 11.0 Å². The van der Waals surface area contributed by atoms with Crippen LogP contribution in [0.15, 0.2) is 30.3 Å². The quantitative estimate of drug-likeness (QED) is 0.722. The number of nitrogen functional groups attached to an aromatic ring is 1. The van der Waals surface area contributed by atoms with Gasteiger partial charge in [0.25, 0.3) is 5.91 Å². The van der Waals surface area contributed by atoms with Crippen LogP contribution in [0.2, 0.25) is 15.1 Å². The topological polar surface area (TPSA) is 75.3 Å². The molecule has 2 aromatic rings. The molecule has 0 heterocycles. The van der Waals surface area contributed by atoms with Crippen molar-refractivity contribution in [1.82, 2.24) is 0 Å². The molecule has 0 atom stereocenters. The van der Waals surface area contributed by atoms with Gasteiger partial charge in [-0.3, -0.25) is 4.79 Å². The first-order valence-corrected chi connectivity index (χ1v) is 6.56. The summed E-state index contributed by atoms with van der Waals surface area (Å²) in [6.45, 7) is 0. The van der Waals surface area contributed by atoms with E-state index in [-0.39, 0.29) is 26.4 Å². The van der Waals surface area contributed by atoms with E-state index in [1.165, 1.54) is 18.2 Å². The molecule has 0 saturated heterocycles. The van der Waals surface area contributed by atoms with E-state index >= 15 is 0 Å². The van der Waals surface area contributed by atoms with Crippen LogP contribution in [-0.2, 0) is 0 Å². The number of carbonyl (C=O) groups excluding carboxylic acids is 1. The van der Waals surface area contributed by atoms with Gasteiger partial charge in [-0.15, -0.1) is 0 Å². The van der Waals surface area contributed by atoms with Crippen molar-refractivity contribution in [2.24, 2.45) is 0 Å². The molecule has 0 spiro atoms. The van der Waals surface area contributed by atoms with Crippen LogP contribution in [0.5, 0.6) is 5.75 Å². The van der Waals surface area contributed by atoms with Gasteiger partial charge in [0, 0.05) is 10.7 Å². The average Bonchev–Trinajstić information content (AvgIpc) is 2.37. The summed E-state index contributed by atoms with van der Waals surface area (Å²) in [5, 5.41) is 12.8. The number of rotatable bonds is 2. The van der Waals surface area contributed by atoms with Crippen molar-refractivity contribution in [2.75, 3.05) is 11.1 Å². The molecule has 0 radical (unpaired) electrons. The third-order valence-corrected chi connectivity index (χ3v) is 3.33. The van der Waals surface area contributed by atoms with Crippen LogP contribution in [0.25, 0.3) is 0 Å². The van der Waals surface area contributed by atoms with Crippen molar-refractivity contribution in [3.63, 3.8) is 0 Å². The molecule has 0 aliphatic carbocycles. The van der Waals surface area contributed by atoms with Gasteiger partial charge in [-0.05, 0) is 30.3 Å². The number of anilines is 2. The monoisotopic (exact) mass is 330 g/mol. The van der Waals surface area contributed by atoms with Gasteiger partial charge in [0.1, 0.15) is 5.75 Å². The number of amides is 1. The molecule has 0 aromatic heterocycles. The van der Waals surface area contributed by atoms with Gasteiger partial charge >= 0.3 is 0 Å². The van der Waals surface area contributed by atoms with Gasteiger partial charge in [0.2, 0.25) is 0 Å². The largest absolute Gasteiger partial charge is 0.506 e. The number of hydrogen-bond donors (Lipinski definition) is 3. The lowest BCUT2D eigenvalue weighted by molar-refractivity contribution is 0.102. The highest BCUT2D eigenvalue weighted by molar-refractivity contribution is 6.37. The first-order chi connectivity index (χ1) is 9.38. The summed E-state index contributed by atoms with van der Waals surface area (Å²) in [5.41, 5.74) is 6.35. The normalized spacial score (nSPS) is 10.3. The summed E-state index contributed by atoms with van der Waals surface area (Å²) in [6, 6.07) is 7.29. The first-order valence-electron chi connectivity index (χ1n) is 5.43. The van der Waals surface area contributed by atoms with Gasteiger partial charge in [0.05, 0.1) is 21.3 Å². The Balaban J connectivity index is 2.33. The zero-order valence-electron chi connectivity index (χ0n) is 9.95. The fourth-order valence-corrected chi connectivity index (χ4v) is 2.29. The molecule has 0 bridgehead atoms. The van der Waals surface area contributed by atoms with Crippen LogP contribution in [0.3, 0.4) is 0 Å². The number of nitrogens with one attached hydrogen (secondary N) is 1. The second-order valence-corrected chi connectivity index (χ2v) is 5.23. The fourth-order valence-electron chi connectivity index (χ4n) is 1.56. The highest BCUT2D eigenvalue weighted by atomic mass is 35.5. The van der Waals surface area contributed by atoms with Gasteiger partial charge in [-0.1, -0.05) is 34.8 Å². The highest BCUT2D eigenvalue weighted by Crippen LogP contribution is 2.32. The van der Waals surface area contributed by atoms with Crippen LogP contribution in [0.4, 0.5) is 11.4 Å². The van der Waals surface area contributed by atoms with Crippen molar-refractivity contribution in [3.8, 4) is 5.75 Å². The number of halogens is 3. The van der Waals surface area contributed by atoms with Gasteiger partial charge in [-0.2, -0.15) is 0 Å². The summed E-state index contributed by atoms with van der Waals surface area (Å²) < 4.78 is 0. The van der Waals surface area contributed by atoms with E-state index in [0.29, 0.717) is 11.4 Å². The summed E-state index contributed by atoms with van der Waals surface area (Å²) in [6.07, 6.45) is 0. The minimum absolute atomic E-state index is 0.00828. The average molecular weight is 332 g/mol. The Bertz CT molecular complexity index is 690. The summed E-state index contributed by atoms with van der Waals surface area (Å²) in [7, 11) is 0. The molecule has 2 rings (SSSR count). The number of carbonyl (C=O) groups is 1. The highest BCUT2D eigenvalue weighted by Gasteiger charge is 2.16. The molecule has 4 nitrogen and oxygen atoms in total. The van der Waals surface area contributed by atoms with Crippen LogP contribution >= 0.6 is 34.8 Å². The maximum absolute atomic E-state index is 12.1. The second-order valence-electron chi connectivity index (χ2n) is 3.98. The van der Waals surface area contributed by atoms with Crippen LogP contribution in [0, 0.1) is 0 Å². The van der Waals surface area contributed by atoms with E-state index in [0.717, 1.165) is 0 Å². The molecular formula is C13H9Cl3N2O2. The number of aromatic hydroxyl groups is 1. The third-order valence-electron chi connectivity index (χ3n) is 2.51. The van der Waals surface area contributed by atoms with Crippen molar-refractivity contribution < 1.29 is 9.90 Å². The number of phenolic OH excluding ortho intramolecular Hbond substituents is 1. The van der Waals surface area contributed by atoms with Crippen LogP contribution < -0.4 is 11.1 Å². The summed E-state index contributed by atoms with van der Waals surface area (Å²) in [5.74, 6) is -0.932. The van der Waals surface area contributed by atoms with Gasteiger partial charge in [0.15, 0.2) is 0 Å². The minimum atomic E-state index is -0.585. The molecule has 0 fully saturated rings. The smallest absolute Gasteiger partial charge is 0.259 e. The lowest BCUT2D eigenvalue weighted by atomic mass is 10.1. The Morgan fingerprint density at radius 1 is 1.10 bits per heavy atom. The predicted octanol–water partition coefficient (Wildman–Crippen LogP) is 4.19. The molecule has 2 aromatic carbocycles. The zero-order chi connectivity index (χ0) is 14.9. The molecule has 7 heteroatoms. The molecular weight excluding hydrogens is 323 g/mol. The predicted molar refractivity (Wildman–Crippen MR) is 81.9 cm³/mol. The van der Waals surface area contributed by atoms with Gasteiger partial charge in [-0.25, -0.2) is 0 Å². The van der Waals surface area contributed by atoms with Crippen molar-refractivity contribution in [3.05, 3.63) is 51.0 Å². The third kappa shape index (κ3) is 3.10. The lowest BCUT2D eigenvalue weighted by Crippen LogP contribution is -2.12. The van der Waals surface area contributed by atoms with E-state index in [4.69, 9.17) is 40.5 Å². The zero-order valence-corrected chi connectivity index (χ0v) is 12.2. The standard InChI is InChI=1S/C13H9Cl3N2O2/c14-6-3-8(12(19)10(16)4-6)13(20)18-11-2-1-7(17)5-9(11)15/h1-5,19H,17H2,(H,18,20). The van der Waals surface area contributed by atoms with E-state index in [1.54, 1.807) is 12.1 Å². The number of nitrogens with two attached hydrogens (primary N) is 1. The molecule has 1 amide bonds. The van der Waals surface area contributed by atoms with Crippen LogP contribution in [0.1, 0.15) is 10.4 Å². The van der Waals surface area contributed by atoms with Gasteiger partial charge < -0.3 is 16.2 Å². The Morgan fingerprint density at radius 2 is 1.80 bits per heavy atom. The summed E-state index contributed by atoms with van der Waals surface area (Å²) >= 11 is 17.5. The number of benzene rings is 2. The van der Waals surface area contributed by atoms with E-state index < -0.39 is 5.91 Å². The van der Waals surface area contributed by atoms with Crippen molar-refractivity contribution in [1.29, 1.82) is 0 Å². The van der Waals surface area contributed by atoms with Crippen molar-refractivity contribution in [2.45, 2.75) is 0 Å². The molecule has 104 valence electrons. The molecule has 0 saturated carbocycles. The Labute approximate surface area is 130 Å².